The molecule has 0 unspecified atom stereocenters. The number of phenolic OH excluding ortho intramolecular Hbond substituents is 1. The summed E-state index contributed by atoms with van der Waals surface area (Å²) in [5.41, 5.74) is 8.43. The highest BCUT2D eigenvalue weighted by atomic mass is 16.3. The molecule has 1 amide bonds. The maximum Gasteiger partial charge on any atom is 0.301 e. The van der Waals surface area contributed by atoms with Crippen LogP contribution in [0, 0.1) is 13.8 Å². The Labute approximate surface area is 192 Å². The number of phenols is 1. The van der Waals surface area contributed by atoms with Crippen LogP contribution in [0.1, 0.15) is 23.6 Å². The standard InChI is InChI=1S/C26H24N4O3/c1-15-11-12-21(13-16(15)2)30-26(33)24(17(3)29-30)28-27-23-10-6-9-22(25(23)32)20-8-5-7-19(14-20)18(4)31/h5-14,27,31-32H,4H2,1-3H3/b28-24+. The summed E-state index contributed by atoms with van der Waals surface area (Å²) in [6.45, 7) is 9.24. The third-order valence-electron chi connectivity index (χ3n) is 5.55. The van der Waals surface area contributed by atoms with E-state index in [1.54, 1.807) is 43.3 Å². The lowest BCUT2D eigenvalue weighted by molar-refractivity contribution is -0.112. The molecule has 0 fully saturated rings. The lowest BCUT2D eigenvalue weighted by Gasteiger charge is -2.13. The number of hydrogen-bond acceptors (Lipinski definition) is 6. The number of aliphatic hydroxyl groups is 1. The molecule has 7 heteroatoms. The van der Waals surface area contributed by atoms with Crippen molar-refractivity contribution >= 4 is 34.5 Å². The number of para-hydroxylation sites is 1. The van der Waals surface area contributed by atoms with Gasteiger partial charge in [0.1, 0.15) is 11.5 Å². The van der Waals surface area contributed by atoms with Crippen molar-refractivity contribution in [3.05, 3.63) is 83.9 Å². The molecule has 0 aromatic heterocycles. The topological polar surface area (TPSA) is 97.5 Å². The number of hydrogen-bond donors (Lipinski definition) is 3. The zero-order valence-corrected chi connectivity index (χ0v) is 18.6. The molecular weight excluding hydrogens is 416 g/mol. The van der Waals surface area contributed by atoms with Crippen molar-refractivity contribution in [2.45, 2.75) is 20.8 Å². The Balaban J connectivity index is 1.61. The summed E-state index contributed by atoms with van der Waals surface area (Å²) in [5.74, 6) is -0.443. The van der Waals surface area contributed by atoms with Crippen LogP contribution in [0.15, 0.2) is 77.4 Å². The molecule has 3 aromatic rings. The molecule has 3 N–H and O–H groups in total. The molecule has 0 saturated heterocycles. The van der Waals surface area contributed by atoms with Crippen LogP contribution in [0.3, 0.4) is 0 Å². The largest absolute Gasteiger partial charge is 0.508 e. The minimum absolute atomic E-state index is 0.0337. The van der Waals surface area contributed by atoms with Gasteiger partial charge in [-0.1, -0.05) is 43.0 Å². The van der Waals surface area contributed by atoms with Gasteiger partial charge in [-0.2, -0.15) is 15.2 Å². The maximum atomic E-state index is 13.0. The lowest BCUT2D eigenvalue weighted by atomic mass is 10.0. The Kier molecular flexibility index (Phi) is 5.70. The van der Waals surface area contributed by atoms with Crippen molar-refractivity contribution in [2.24, 2.45) is 10.2 Å². The Morgan fingerprint density at radius 2 is 1.79 bits per heavy atom. The molecule has 0 bridgehead atoms. The first kappa shape index (κ1) is 21.8. The van der Waals surface area contributed by atoms with Crippen molar-refractivity contribution < 1.29 is 15.0 Å². The summed E-state index contributed by atoms with van der Waals surface area (Å²) in [6.07, 6.45) is 0. The second-order valence-electron chi connectivity index (χ2n) is 7.87. The minimum atomic E-state index is -0.354. The summed E-state index contributed by atoms with van der Waals surface area (Å²) in [4.78, 5) is 13.0. The molecule has 33 heavy (non-hydrogen) atoms. The number of aromatic hydroxyl groups is 1. The summed E-state index contributed by atoms with van der Waals surface area (Å²) in [5, 5.41) is 30.4. The molecule has 0 atom stereocenters. The summed E-state index contributed by atoms with van der Waals surface area (Å²) < 4.78 is 0. The average molecular weight is 441 g/mol. The van der Waals surface area contributed by atoms with E-state index in [9.17, 15) is 15.0 Å². The quantitative estimate of drug-likeness (QED) is 0.281. The molecule has 0 saturated carbocycles. The van der Waals surface area contributed by atoms with Crippen LogP contribution in [-0.2, 0) is 4.79 Å². The number of aryl methyl sites for hydroxylation is 2. The molecule has 1 aliphatic heterocycles. The van der Waals surface area contributed by atoms with E-state index in [1.165, 1.54) is 5.01 Å². The minimum Gasteiger partial charge on any atom is -0.508 e. The van der Waals surface area contributed by atoms with Gasteiger partial charge in [-0.05, 0) is 61.7 Å². The van der Waals surface area contributed by atoms with Crippen molar-refractivity contribution in [3.63, 3.8) is 0 Å². The molecule has 7 nitrogen and oxygen atoms in total. The zero-order chi connectivity index (χ0) is 23.7. The fourth-order valence-electron chi connectivity index (χ4n) is 3.51. The molecular formula is C26H24N4O3. The van der Waals surface area contributed by atoms with Gasteiger partial charge in [-0.25, -0.2) is 0 Å². The molecule has 1 aliphatic rings. The highest BCUT2D eigenvalue weighted by molar-refractivity contribution is 6.71. The number of nitrogens with zero attached hydrogens (tertiary/aromatic N) is 3. The number of rotatable bonds is 5. The third kappa shape index (κ3) is 4.21. The summed E-state index contributed by atoms with van der Waals surface area (Å²) >= 11 is 0. The average Bonchev–Trinajstić information content (AvgIpc) is 3.08. The Hall–Kier alpha value is -4.39. The number of amides is 1. The molecule has 3 aromatic carbocycles. The van der Waals surface area contributed by atoms with Crippen molar-refractivity contribution in [1.29, 1.82) is 0 Å². The van der Waals surface area contributed by atoms with Gasteiger partial charge in [0.05, 0.1) is 17.1 Å². The van der Waals surface area contributed by atoms with Crippen LogP contribution in [0.5, 0.6) is 5.75 Å². The first-order chi connectivity index (χ1) is 15.8. The van der Waals surface area contributed by atoms with E-state index < -0.39 is 0 Å². The predicted molar refractivity (Wildman–Crippen MR) is 133 cm³/mol. The van der Waals surface area contributed by atoms with E-state index in [2.05, 4.69) is 22.2 Å². The van der Waals surface area contributed by atoms with Gasteiger partial charge in [-0.15, -0.1) is 0 Å². The molecule has 0 spiro atoms. The number of carbonyl (C=O) groups excluding carboxylic acids is 1. The molecule has 166 valence electrons. The van der Waals surface area contributed by atoms with Gasteiger partial charge in [0.2, 0.25) is 0 Å². The van der Waals surface area contributed by atoms with E-state index in [0.29, 0.717) is 33.8 Å². The van der Waals surface area contributed by atoms with Gasteiger partial charge in [0.15, 0.2) is 5.71 Å². The zero-order valence-electron chi connectivity index (χ0n) is 18.6. The molecule has 0 aliphatic carbocycles. The first-order valence-electron chi connectivity index (χ1n) is 10.4. The maximum absolute atomic E-state index is 13.0. The van der Waals surface area contributed by atoms with E-state index in [0.717, 1.165) is 11.1 Å². The highest BCUT2D eigenvalue weighted by Gasteiger charge is 2.31. The fraction of sp³-hybridized carbons (Fsp3) is 0.115. The lowest BCUT2D eigenvalue weighted by Crippen LogP contribution is -2.28. The Morgan fingerprint density at radius 3 is 2.52 bits per heavy atom. The van der Waals surface area contributed by atoms with Gasteiger partial charge in [0.25, 0.3) is 0 Å². The third-order valence-corrected chi connectivity index (χ3v) is 5.55. The van der Waals surface area contributed by atoms with Crippen LogP contribution < -0.4 is 10.4 Å². The Bertz CT molecular complexity index is 1340. The second kappa shape index (κ2) is 8.63. The van der Waals surface area contributed by atoms with Crippen molar-refractivity contribution in [1.82, 2.24) is 0 Å². The van der Waals surface area contributed by atoms with E-state index in [4.69, 9.17) is 0 Å². The van der Waals surface area contributed by atoms with E-state index in [-0.39, 0.29) is 23.1 Å². The molecule has 4 rings (SSSR count). The number of nitrogens with one attached hydrogen (secondary N) is 1. The number of hydrazone groups is 2. The Morgan fingerprint density at radius 1 is 1.03 bits per heavy atom. The SMILES string of the molecule is C=C(O)c1cccc(-c2cccc(N/N=C3/C(=O)N(c4ccc(C)c(C)c4)N=C3C)c2O)c1. The number of carbonyl (C=O) groups is 1. The van der Waals surface area contributed by atoms with Gasteiger partial charge in [0, 0.05) is 11.1 Å². The molecule has 1 heterocycles. The van der Waals surface area contributed by atoms with E-state index in [1.807, 2.05) is 38.1 Å². The summed E-state index contributed by atoms with van der Waals surface area (Å²) in [6, 6.07) is 17.9. The molecule has 0 radical (unpaired) electrons. The van der Waals surface area contributed by atoms with Crippen LogP contribution in [0.4, 0.5) is 11.4 Å². The van der Waals surface area contributed by atoms with Crippen molar-refractivity contribution in [2.75, 3.05) is 10.4 Å². The number of anilines is 2. The number of benzene rings is 3. The normalized spacial score (nSPS) is 14.5. The second-order valence-corrected chi connectivity index (χ2v) is 7.87. The highest BCUT2D eigenvalue weighted by Crippen LogP contribution is 2.36. The van der Waals surface area contributed by atoms with Crippen LogP contribution in [-0.4, -0.2) is 27.5 Å². The predicted octanol–water partition coefficient (Wildman–Crippen LogP) is 5.40. The smallest absolute Gasteiger partial charge is 0.301 e. The van der Waals surface area contributed by atoms with Gasteiger partial charge >= 0.3 is 5.91 Å². The van der Waals surface area contributed by atoms with Crippen LogP contribution in [0.25, 0.3) is 16.9 Å². The number of aliphatic hydroxyl groups excluding tert-OH is 1. The van der Waals surface area contributed by atoms with E-state index >= 15 is 0 Å². The van der Waals surface area contributed by atoms with Gasteiger partial charge < -0.3 is 10.2 Å². The summed E-state index contributed by atoms with van der Waals surface area (Å²) in [7, 11) is 0. The van der Waals surface area contributed by atoms with Gasteiger partial charge in [-0.3, -0.25) is 10.2 Å². The monoisotopic (exact) mass is 440 g/mol. The first-order valence-corrected chi connectivity index (χ1v) is 10.4. The fourth-order valence-corrected chi connectivity index (χ4v) is 3.51. The van der Waals surface area contributed by atoms with Crippen molar-refractivity contribution in [3.8, 4) is 16.9 Å². The van der Waals surface area contributed by atoms with Crippen LogP contribution >= 0.6 is 0 Å². The van der Waals surface area contributed by atoms with Crippen LogP contribution in [0.2, 0.25) is 0 Å².